The number of ether oxygens (including phenoxy) is 1. The van der Waals surface area contributed by atoms with Crippen molar-refractivity contribution in [1.29, 1.82) is 0 Å². The van der Waals surface area contributed by atoms with Gasteiger partial charge in [0, 0.05) is 17.6 Å². The van der Waals surface area contributed by atoms with Crippen molar-refractivity contribution in [2.45, 2.75) is 39.8 Å². The maximum absolute atomic E-state index is 11.7. The second kappa shape index (κ2) is 6.79. The van der Waals surface area contributed by atoms with Crippen LogP contribution in [0, 0.1) is 6.92 Å². The second-order valence-electron chi connectivity index (χ2n) is 5.97. The summed E-state index contributed by atoms with van der Waals surface area (Å²) < 4.78 is 5.21. The Morgan fingerprint density at radius 1 is 1.36 bits per heavy atom. The Morgan fingerprint density at radius 2 is 2.14 bits per heavy atom. The number of aryl methyl sites for hydroxylation is 1. The molecule has 0 saturated heterocycles. The molecular weight excluding hydrogens is 298 g/mol. The largest absolute Gasteiger partial charge is 0.444 e. The summed E-state index contributed by atoms with van der Waals surface area (Å²) in [6, 6.07) is 7.84. The van der Waals surface area contributed by atoms with E-state index in [1.54, 1.807) is 11.3 Å². The number of aromatic nitrogens is 1. The highest BCUT2D eigenvalue weighted by Gasteiger charge is 2.15. The number of rotatable bonds is 4. The first-order valence-electron chi connectivity index (χ1n) is 7.07. The van der Waals surface area contributed by atoms with Gasteiger partial charge in [0.25, 0.3) is 0 Å². The van der Waals surface area contributed by atoms with Crippen molar-refractivity contribution < 1.29 is 9.53 Å². The van der Waals surface area contributed by atoms with E-state index in [0.29, 0.717) is 6.54 Å². The minimum atomic E-state index is -0.490. The summed E-state index contributed by atoms with van der Waals surface area (Å²) in [7, 11) is 0. The predicted molar refractivity (Wildman–Crippen MR) is 89.6 cm³/mol. The average Bonchev–Trinajstić information content (AvgIpc) is 2.80. The summed E-state index contributed by atoms with van der Waals surface area (Å²) in [6.07, 6.45) is -0.415. The van der Waals surface area contributed by atoms with Crippen molar-refractivity contribution in [3.63, 3.8) is 0 Å². The number of thiazole rings is 1. The van der Waals surface area contributed by atoms with Crippen LogP contribution in [0.25, 0.3) is 0 Å². The monoisotopic (exact) mass is 319 g/mol. The number of nitrogens with zero attached hydrogens (tertiary/aromatic N) is 1. The van der Waals surface area contributed by atoms with E-state index in [4.69, 9.17) is 4.74 Å². The molecule has 6 heteroatoms. The molecule has 1 aromatic carbocycles. The number of hydrogen-bond acceptors (Lipinski definition) is 5. The number of nitrogens with one attached hydrogen (secondary N) is 2. The van der Waals surface area contributed by atoms with Gasteiger partial charge < -0.3 is 15.4 Å². The van der Waals surface area contributed by atoms with Gasteiger partial charge in [0.2, 0.25) is 0 Å². The fourth-order valence-corrected chi connectivity index (χ4v) is 2.49. The quantitative estimate of drug-likeness (QED) is 0.885. The predicted octanol–water partition coefficient (Wildman–Crippen LogP) is 4.22. The van der Waals surface area contributed by atoms with Crippen LogP contribution >= 0.6 is 11.3 Å². The summed E-state index contributed by atoms with van der Waals surface area (Å²) in [5, 5.41) is 8.86. The molecule has 0 bridgehead atoms. The number of amides is 1. The molecule has 0 unspecified atom stereocenters. The SMILES string of the molecule is Cc1csc(Nc2cccc(CNC(=O)OC(C)(C)C)c2)n1. The topological polar surface area (TPSA) is 63.2 Å². The normalized spacial score (nSPS) is 11.1. The van der Waals surface area contributed by atoms with Crippen molar-refractivity contribution in [1.82, 2.24) is 10.3 Å². The molecule has 0 aliphatic rings. The van der Waals surface area contributed by atoms with Gasteiger partial charge in [0.15, 0.2) is 5.13 Å². The van der Waals surface area contributed by atoms with Crippen molar-refractivity contribution in [2.24, 2.45) is 0 Å². The van der Waals surface area contributed by atoms with E-state index in [1.807, 2.05) is 57.3 Å². The number of alkyl carbamates (subject to hydrolysis) is 1. The first-order chi connectivity index (χ1) is 10.3. The summed E-state index contributed by atoms with van der Waals surface area (Å²) in [5.41, 5.74) is 2.44. The highest BCUT2D eigenvalue weighted by molar-refractivity contribution is 7.13. The zero-order chi connectivity index (χ0) is 16.2. The minimum absolute atomic E-state index is 0.415. The Balaban J connectivity index is 1.92. The molecule has 0 aliphatic carbocycles. The fourth-order valence-electron chi connectivity index (χ4n) is 1.78. The van der Waals surface area contributed by atoms with Crippen LogP contribution in [0.2, 0.25) is 0 Å². The zero-order valence-corrected chi connectivity index (χ0v) is 14.1. The molecule has 0 radical (unpaired) electrons. The standard InChI is InChI=1S/C16H21N3O2S/c1-11-10-22-14(18-11)19-13-7-5-6-12(8-13)9-17-15(20)21-16(2,3)4/h5-8,10H,9H2,1-4H3,(H,17,20)(H,18,19). The molecule has 0 saturated carbocycles. The number of benzene rings is 1. The molecule has 2 aromatic rings. The lowest BCUT2D eigenvalue weighted by Gasteiger charge is -2.19. The fraction of sp³-hybridized carbons (Fsp3) is 0.375. The Labute approximate surface area is 134 Å². The van der Waals surface area contributed by atoms with Crippen LogP contribution in [0.1, 0.15) is 32.0 Å². The van der Waals surface area contributed by atoms with Gasteiger partial charge in [-0.3, -0.25) is 0 Å². The molecule has 5 nitrogen and oxygen atoms in total. The van der Waals surface area contributed by atoms with E-state index in [0.717, 1.165) is 22.1 Å². The van der Waals surface area contributed by atoms with Crippen LogP contribution in [-0.2, 0) is 11.3 Å². The maximum Gasteiger partial charge on any atom is 0.407 e. The molecule has 1 heterocycles. The number of carbonyl (C=O) groups is 1. The van der Waals surface area contributed by atoms with Gasteiger partial charge in [-0.25, -0.2) is 9.78 Å². The van der Waals surface area contributed by atoms with Gasteiger partial charge in [-0.2, -0.15) is 0 Å². The minimum Gasteiger partial charge on any atom is -0.444 e. The van der Waals surface area contributed by atoms with E-state index in [-0.39, 0.29) is 0 Å². The van der Waals surface area contributed by atoms with Gasteiger partial charge in [0.05, 0.1) is 5.69 Å². The highest BCUT2D eigenvalue weighted by atomic mass is 32.1. The van der Waals surface area contributed by atoms with Crippen molar-refractivity contribution in [2.75, 3.05) is 5.32 Å². The van der Waals surface area contributed by atoms with Gasteiger partial charge >= 0.3 is 6.09 Å². The zero-order valence-electron chi connectivity index (χ0n) is 13.3. The molecule has 1 amide bonds. The third-order valence-corrected chi connectivity index (χ3v) is 3.51. The maximum atomic E-state index is 11.7. The van der Waals surface area contributed by atoms with Crippen molar-refractivity contribution >= 4 is 28.2 Å². The van der Waals surface area contributed by atoms with Crippen molar-refractivity contribution in [3.05, 3.63) is 40.9 Å². The Morgan fingerprint density at radius 3 is 2.77 bits per heavy atom. The van der Waals surface area contributed by atoms with Gasteiger partial charge in [-0.1, -0.05) is 12.1 Å². The molecule has 22 heavy (non-hydrogen) atoms. The average molecular weight is 319 g/mol. The van der Waals surface area contributed by atoms with Crippen LogP contribution in [-0.4, -0.2) is 16.7 Å². The molecule has 0 aliphatic heterocycles. The molecule has 0 spiro atoms. The Bertz CT molecular complexity index is 647. The van der Waals surface area contributed by atoms with Gasteiger partial charge in [0.1, 0.15) is 5.60 Å². The van der Waals surface area contributed by atoms with E-state index in [2.05, 4.69) is 15.6 Å². The summed E-state index contributed by atoms with van der Waals surface area (Å²) in [5.74, 6) is 0. The summed E-state index contributed by atoms with van der Waals surface area (Å²) in [6.45, 7) is 7.90. The number of hydrogen-bond donors (Lipinski definition) is 2. The molecule has 0 fully saturated rings. The van der Waals surface area contributed by atoms with Crippen LogP contribution < -0.4 is 10.6 Å². The number of anilines is 2. The van der Waals surface area contributed by atoms with E-state index >= 15 is 0 Å². The molecule has 2 N–H and O–H groups in total. The molecular formula is C16H21N3O2S. The van der Waals surface area contributed by atoms with Crippen LogP contribution in [0.15, 0.2) is 29.6 Å². The van der Waals surface area contributed by atoms with Gasteiger partial charge in [-0.05, 0) is 45.4 Å². The van der Waals surface area contributed by atoms with Crippen LogP contribution in [0.4, 0.5) is 15.6 Å². The molecule has 1 aromatic heterocycles. The first kappa shape index (κ1) is 16.3. The van der Waals surface area contributed by atoms with Crippen LogP contribution in [0.3, 0.4) is 0 Å². The smallest absolute Gasteiger partial charge is 0.407 e. The lowest BCUT2D eigenvalue weighted by atomic mass is 10.2. The van der Waals surface area contributed by atoms with Crippen molar-refractivity contribution in [3.8, 4) is 0 Å². The van der Waals surface area contributed by atoms with E-state index in [9.17, 15) is 4.79 Å². The third kappa shape index (κ3) is 5.37. The van der Waals surface area contributed by atoms with E-state index < -0.39 is 11.7 Å². The Hall–Kier alpha value is -2.08. The summed E-state index contributed by atoms with van der Waals surface area (Å²) >= 11 is 1.56. The lowest BCUT2D eigenvalue weighted by Crippen LogP contribution is -2.32. The second-order valence-corrected chi connectivity index (χ2v) is 6.83. The molecule has 118 valence electrons. The van der Waals surface area contributed by atoms with Crippen LogP contribution in [0.5, 0.6) is 0 Å². The Kier molecular flexibility index (Phi) is 5.03. The number of carbonyl (C=O) groups excluding carboxylic acids is 1. The molecule has 2 rings (SSSR count). The molecule has 0 atom stereocenters. The first-order valence-corrected chi connectivity index (χ1v) is 7.95. The third-order valence-electron chi connectivity index (χ3n) is 2.63. The highest BCUT2D eigenvalue weighted by Crippen LogP contribution is 2.21. The van der Waals surface area contributed by atoms with E-state index in [1.165, 1.54) is 0 Å². The van der Waals surface area contributed by atoms with Gasteiger partial charge in [-0.15, -0.1) is 11.3 Å². The lowest BCUT2D eigenvalue weighted by molar-refractivity contribution is 0.0523. The summed E-state index contributed by atoms with van der Waals surface area (Å²) in [4.78, 5) is 16.0.